The van der Waals surface area contributed by atoms with Crippen molar-refractivity contribution in [2.75, 3.05) is 19.5 Å². The molecule has 27 heavy (non-hydrogen) atoms. The fourth-order valence-electron chi connectivity index (χ4n) is 2.87. The Balaban J connectivity index is 1.84. The van der Waals surface area contributed by atoms with Gasteiger partial charge in [0.25, 0.3) is 5.91 Å². The van der Waals surface area contributed by atoms with Gasteiger partial charge in [0.05, 0.1) is 16.0 Å². The molecular weight excluding hydrogens is 390 g/mol. The van der Waals surface area contributed by atoms with Crippen molar-refractivity contribution in [2.45, 2.75) is 24.3 Å². The number of halogens is 1. The van der Waals surface area contributed by atoms with Crippen LogP contribution in [0.25, 0.3) is 0 Å². The highest BCUT2D eigenvalue weighted by Crippen LogP contribution is 2.33. The van der Waals surface area contributed by atoms with Crippen LogP contribution in [-0.2, 0) is 9.84 Å². The topological polar surface area (TPSA) is 81.7 Å². The number of carbonyl (C=O) groups excluding carboxylic acids is 1. The van der Waals surface area contributed by atoms with Gasteiger partial charge in [0.15, 0.2) is 21.3 Å². The minimum atomic E-state index is -3.53. The van der Waals surface area contributed by atoms with E-state index in [0.29, 0.717) is 31.1 Å². The molecule has 8 heteroatoms. The highest BCUT2D eigenvalue weighted by molar-refractivity contribution is 7.90. The number of rotatable bonds is 5. The van der Waals surface area contributed by atoms with Gasteiger partial charge in [0.1, 0.15) is 13.2 Å². The molecule has 0 unspecified atom stereocenters. The van der Waals surface area contributed by atoms with Crippen molar-refractivity contribution < 1.29 is 22.7 Å². The maximum atomic E-state index is 12.7. The number of hydrogen-bond donors (Lipinski definition) is 1. The molecule has 0 spiro atoms. The monoisotopic (exact) mass is 409 g/mol. The second-order valence-electron chi connectivity index (χ2n) is 6.25. The standard InChI is InChI=1S/C19H20ClNO5S/c1-3-15(12-5-7-16-17(10-12)26-9-8-25-16)21-19(22)13-4-6-14(20)18(11-13)27(2,23)24/h4-7,10-11,15H,3,8-9H2,1-2H3,(H,21,22)/t15-/m1/s1. The van der Waals surface area contributed by atoms with Gasteiger partial charge in [-0.2, -0.15) is 0 Å². The lowest BCUT2D eigenvalue weighted by atomic mass is 10.0. The van der Waals surface area contributed by atoms with Gasteiger partial charge < -0.3 is 14.8 Å². The van der Waals surface area contributed by atoms with Crippen LogP contribution in [0.3, 0.4) is 0 Å². The Morgan fingerprint density at radius 1 is 1.15 bits per heavy atom. The van der Waals surface area contributed by atoms with E-state index in [2.05, 4.69) is 5.32 Å². The zero-order chi connectivity index (χ0) is 19.6. The van der Waals surface area contributed by atoms with Crippen LogP contribution >= 0.6 is 11.6 Å². The highest BCUT2D eigenvalue weighted by atomic mass is 35.5. The van der Waals surface area contributed by atoms with Crippen LogP contribution in [0.15, 0.2) is 41.3 Å². The lowest BCUT2D eigenvalue weighted by Gasteiger charge is -2.22. The molecule has 0 aromatic heterocycles. The van der Waals surface area contributed by atoms with Crippen LogP contribution in [0.5, 0.6) is 11.5 Å². The SMILES string of the molecule is CC[C@@H](NC(=O)c1ccc(Cl)c(S(C)(=O)=O)c1)c1ccc2c(c1)OCCO2. The normalized spacial score (nSPS) is 14.5. The number of nitrogens with one attached hydrogen (secondary N) is 1. The summed E-state index contributed by atoms with van der Waals surface area (Å²) in [5, 5.41) is 3.02. The van der Waals surface area contributed by atoms with E-state index in [-0.39, 0.29) is 27.4 Å². The number of carbonyl (C=O) groups is 1. The van der Waals surface area contributed by atoms with E-state index in [1.165, 1.54) is 18.2 Å². The van der Waals surface area contributed by atoms with Gasteiger partial charge >= 0.3 is 0 Å². The number of benzene rings is 2. The quantitative estimate of drug-likeness (QED) is 0.818. The van der Waals surface area contributed by atoms with Crippen molar-refractivity contribution >= 4 is 27.3 Å². The second kappa shape index (κ2) is 7.78. The molecule has 1 atom stereocenters. The number of ether oxygens (including phenoxy) is 2. The molecular formula is C19H20ClNO5S. The van der Waals surface area contributed by atoms with Crippen molar-refractivity contribution in [1.82, 2.24) is 5.32 Å². The maximum Gasteiger partial charge on any atom is 0.251 e. The largest absolute Gasteiger partial charge is 0.486 e. The summed E-state index contributed by atoms with van der Waals surface area (Å²) in [6.45, 7) is 2.95. The zero-order valence-corrected chi connectivity index (χ0v) is 16.6. The fourth-order valence-corrected chi connectivity index (χ4v) is 4.17. The lowest BCUT2D eigenvalue weighted by molar-refractivity contribution is 0.0935. The van der Waals surface area contributed by atoms with E-state index in [0.717, 1.165) is 11.8 Å². The summed E-state index contributed by atoms with van der Waals surface area (Å²) in [5.74, 6) is 0.956. The highest BCUT2D eigenvalue weighted by Gasteiger charge is 2.20. The zero-order valence-electron chi connectivity index (χ0n) is 15.0. The van der Waals surface area contributed by atoms with Crippen LogP contribution in [0.2, 0.25) is 5.02 Å². The summed E-state index contributed by atoms with van der Waals surface area (Å²) in [4.78, 5) is 12.6. The van der Waals surface area contributed by atoms with Crippen molar-refractivity contribution in [3.05, 3.63) is 52.5 Å². The predicted molar refractivity (Wildman–Crippen MR) is 102 cm³/mol. The molecule has 2 aromatic rings. The summed E-state index contributed by atoms with van der Waals surface area (Å²) in [5.41, 5.74) is 1.11. The Morgan fingerprint density at radius 2 is 1.85 bits per heavy atom. The molecule has 0 radical (unpaired) electrons. The predicted octanol–water partition coefficient (Wildman–Crippen LogP) is 3.40. The van der Waals surface area contributed by atoms with Gasteiger partial charge in [-0.05, 0) is 42.3 Å². The molecule has 0 saturated heterocycles. The van der Waals surface area contributed by atoms with Crippen molar-refractivity contribution in [3.8, 4) is 11.5 Å². The molecule has 2 aromatic carbocycles. The number of sulfone groups is 1. The van der Waals surface area contributed by atoms with Gasteiger partial charge in [-0.15, -0.1) is 0 Å². The molecule has 1 amide bonds. The minimum Gasteiger partial charge on any atom is -0.486 e. The van der Waals surface area contributed by atoms with Crippen molar-refractivity contribution in [2.24, 2.45) is 0 Å². The fraction of sp³-hybridized carbons (Fsp3) is 0.316. The molecule has 1 N–H and O–H groups in total. The third-order valence-corrected chi connectivity index (χ3v) is 5.85. The Hall–Kier alpha value is -2.25. The Kier molecular flexibility index (Phi) is 5.62. The van der Waals surface area contributed by atoms with Crippen LogP contribution in [0.1, 0.15) is 35.3 Å². The number of fused-ring (bicyclic) bond motifs is 1. The van der Waals surface area contributed by atoms with Gasteiger partial charge in [-0.1, -0.05) is 24.6 Å². The first-order valence-corrected chi connectivity index (χ1v) is 10.8. The summed E-state index contributed by atoms with van der Waals surface area (Å²) in [7, 11) is -3.53. The lowest BCUT2D eigenvalue weighted by Crippen LogP contribution is -2.28. The molecule has 0 saturated carbocycles. The van der Waals surface area contributed by atoms with E-state index in [4.69, 9.17) is 21.1 Å². The van der Waals surface area contributed by atoms with Crippen LogP contribution in [0.4, 0.5) is 0 Å². The summed E-state index contributed by atoms with van der Waals surface area (Å²) < 4.78 is 34.8. The van der Waals surface area contributed by atoms with Crippen LogP contribution in [-0.4, -0.2) is 33.8 Å². The Labute approximate surface area is 163 Å². The third kappa shape index (κ3) is 4.36. The summed E-state index contributed by atoms with van der Waals surface area (Å²) in [6.07, 6.45) is 1.71. The average Bonchev–Trinajstić information content (AvgIpc) is 2.65. The van der Waals surface area contributed by atoms with E-state index < -0.39 is 9.84 Å². The van der Waals surface area contributed by atoms with E-state index in [1.54, 1.807) is 0 Å². The van der Waals surface area contributed by atoms with Gasteiger partial charge in [-0.25, -0.2) is 8.42 Å². The molecule has 1 aliphatic rings. The molecule has 144 valence electrons. The van der Waals surface area contributed by atoms with E-state index in [9.17, 15) is 13.2 Å². The first kappa shape index (κ1) is 19.5. The summed E-state index contributed by atoms with van der Waals surface area (Å²) in [6, 6.07) is 9.51. The molecule has 6 nitrogen and oxygen atoms in total. The van der Waals surface area contributed by atoms with Crippen LogP contribution < -0.4 is 14.8 Å². The van der Waals surface area contributed by atoms with Crippen molar-refractivity contribution in [1.29, 1.82) is 0 Å². The molecule has 0 aliphatic carbocycles. The molecule has 1 heterocycles. The second-order valence-corrected chi connectivity index (χ2v) is 8.65. The Morgan fingerprint density at radius 3 is 2.52 bits per heavy atom. The van der Waals surface area contributed by atoms with E-state index in [1.807, 2.05) is 25.1 Å². The maximum absolute atomic E-state index is 12.7. The molecule has 0 bridgehead atoms. The van der Waals surface area contributed by atoms with Gasteiger partial charge in [0.2, 0.25) is 0 Å². The smallest absolute Gasteiger partial charge is 0.251 e. The Bertz CT molecular complexity index is 974. The van der Waals surface area contributed by atoms with Crippen molar-refractivity contribution in [3.63, 3.8) is 0 Å². The van der Waals surface area contributed by atoms with Gasteiger partial charge in [0, 0.05) is 11.8 Å². The first-order chi connectivity index (χ1) is 12.8. The third-order valence-electron chi connectivity index (χ3n) is 4.28. The number of amides is 1. The first-order valence-electron chi connectivity index (χ1n) is 8.49. The van der Waals surface area contributed by atoms with Gasteiger partial charge in [-0.3, -0.25) is 4.79 Å². The summed E-state index contributed by atoms with van der Waals surface area (Å²) >= 11 is 5.95. The van der Waals surface area contributed by atoms with E-state index >= 15 is 0 Å². The molecule has 0 fully saturated rings. The number of hydrogen-bond acceptors (Lipinski definition) is 5. The molecule has 1 aliphatic heterocycles. The van der Waals surface area contributed by atoms with Crippen LogP contribution in [0, 0.1) is 0 Å². The minimum absolute atomic E-state index is 0.0656. The average molecular weight is 410 g/mol. The molecule has 3 rings (SSSR count).